The van der Waals surface area contributed by atoms with Crippen LogP contribution in [-0.4, -0.2) is 34.9 Å². The van der Waals surface area contributed by atoms with Crippen molar-refractivity contribution < 1.29 is 18.7 Å². The van der Waals surface area contributed by atoms with Crippen molar-refractivity contribution in [2.24, 2.45) is 0 Å². The van der Waals surface area contributed by atoms with E-state index in [4.69, 9.17) is 4.74 Å². The second-order valence-corrected chi connectivity index (χ2v) is 7.50. The maximum atomic E-state index is 13.3. The van der Waals surface area contributed by atoms with Gasteiger partial charge < -0.3 is 15.4 Å². The van der Waals surface area contributed by atoms with Crippen molar-refractivity contribution in [1.29, 1.82) is 0 Å². The van der Waals surface area contributed by atoms with E-state index in [9.17, 15) is 14.0 Å². The molecule has 4 rings (SSSR count). The number of thiazole rings is 1. The minimum atomic E-state index is -0.346. The molecule has 0 radical (unpaired) electrons. The molecular formula is C22H19FN4O3S. The van der Waals surface area contributed by atoms with Gasteiger partial charge in [-0.15, -0.1) is 11.3 Å². The quantitative estimate of drug-likeness (QED) is 0.457. The largest absolute Gasteiger partial charge is 0.496 e. The average Bonchev–Trinajstić information content (AvgIpc) is 3.37. The summed E-state index contributed by atoms with van der Waals surface area (Å²) in [6.07, 6.45) is 1.88. The van der Waals surface area contributed by atoms with Crippen LogP contribution in [0.25, 0.3) is 16.2 Å². The minimum Gasteiger partial charge on any atom is -0.496 e. The van der Waals surface area contributed by atoms with Crippen LogP contribution in [0.5, 0.6) is 5.75 Å². The topological polar surface area (TPSA) is 84.7 Å². The van der Waals surface area contributed by atoms with E-state index in [-0.39, 0.29) is 30.6 Å². The molecule has 2 heterocycles. The summed E-state index contributed by atoms with van der Waals surface area (Å²) in [6.45, 7) is 0.153. The Kier molecular flexibility index (Phi) is 5.94. The first-order valence-corrected chi connectivity index (χ1v) is 10.4. The standard InChI is InChI=1S/C22H19FN4O3S/c1-30-17-5-3-2-4-16(17)21(29)24-11-10-18(28)25-20-19(14-6-8-15(23)9-7-14)26-22-27(20)12-13-31-22/h2-9,12-13H,10-11H2,1H3,(H,24,29)(H,25,28). The van der Waals surface area contributed by atoms with Crippen molar-refractivity contribution >= 4 is 33.9 Å². The van der Waals surface area contributed by atoms with Crippen LogP contribution < -0.4 is 15.4 Å². The van der Waals surface area contributed by atoms with Gasteiger partial charge in [-0.1, -0.05) is 12.1 Å². The third kappa shape index (κ3) is 4.41. The highest BCUT2D eigenvalue weighted by Crippen LogP contribution is 2.31. The second-order valence-electron chi connectivity index (χ2n) is 6.63. The number of carbonyl (C=O) groups is 2. The smallest absolute Gasteiger partial charge is 0.255 e. The fourth-order valence-electron chi connectivity index (χ4n) is 3.13. The van der Waals surface area contributed by atoms with Crippen LogP contribution in [0, 0.1) is 5.82 Å². The van der Waals surface area contributed by atoms with E-state index in [0.29, 0.717) is 33.3 Å². The highest BCUT2D eigenvalue weighted by molar-refractivity contribution is 7.15. The molecule has 0 bridgehead atoms. The Morgan fingerprint density at radius 2 is 1.94 bits per heavy atom. The molecule has 0 atom stereocenters. The zero-order chi connectivity index (χ0) is 21.8. The highest BCUT2D eigenvalue weighted by atomic mass is 32.1. The van der Waals surface area contributed by atoms with Gasteiger partial charge in [-0.05, 0) is 36.4 Å². The van der Waals surface area contributed by atoms with Crippen molar-refractivity contribution in [2.75, 3.05) is 19.0 Å². The monoisotopic (exact) mass is 438 g/mol. The zero-order valence-corrected chi connectivity index (χ0v) is 17.4. The number of imidazole rings is 1. The Morgan fingerprint density at radius 1 is 1.16 bits per heavy atom. The summed E-state index contributed by atoms with van der Waals surface area (Å²) in [5.74, 6) is 0.0241. The van der Waals surface area contributed by atoms with Crippen LogP contribution in [0.15, 0.2) is 60.1 Å². The maximum Gasteiger partial charge on any atom is 0.255 e. The SMILES string of the molecule is COc1ccccc1C(=O)NCCC(=O)Nc1c(-c2ccc(F)cc2)nc2sccn12. The Balaban J connectivity index is 1.44. The molecular weight excluding hydrogens is 419 g/mol. The van der Waals surface area contributed by atoms with E-state index in [0.717, 1.165) is 0 Å². The number of halogens is 1. The predicted molar refractivity (Wildman–Crippen MR) is 117 cm³/mol. The molecule has 0 saturated carbocycles. The number of carbonyl (C=O) groups excluding carboxylic acids is 2. The Labute approximate surface area is 181 Å². The van der Waals surface area contributed by atoms with Gasteiger partial charge in [-0.3, -0.25) is 14.0 Å². The van der Waals surface area contributed by atoms with Crippen LogP contribution in [0.3, 0.4) is 0 Å². The van der Waals surface area contributed by atoms with Crippen molar-refractivity contribution in [3.63, 3.8) is 0 Å². The number of aromatic nitrogens is 2. The normalized spacial score (nSPS) is 10.8. The van der Waals surface area contributed by atoms with Crippen LogP contribution in [0.1, 0.15) is 16.8 Å². The Hall–Kier alpha value is -3.72. The van der Waals surface area contributed by atoms with Gasteiger partial charge in [0.25, 0.3) is 5.91 Å². The first-order valence-electron chi connectivity index (χ1n) is 9.49. The number of methoxy groups -OCH3 is 1. The molecule has 0 aliphatic heterocycles. The first kappa shape index (κ1) is 20.5. The van der Waals surface area contributed by atoms with Crippen molar-refractivity contribution in [3.05, 3.63) is 71.5 Å². The number of anilines is 1. The molecule has 31 heavy (non-hydrogen) atoms. The summed E-state index contributed by atoms with van der Waals surface area (Å²) in [4.78, 5) is 30.2. The molecule has 9 heteroatoms. The van der Waals surface area contributed by atoms with E-state index in [1.54, 1.807) is 47.0 Å². The van der Waals surface area contributed by atoms with Crippen LogP contribution in [0.2, 0.25) is 0 Å². The number of rotatable bonds is 7. The van der Waals surface area contributed by atoms with Crippen LogP contribution in [-0.2, 0) is 4.79 Å². The third-order valence-electron chi connectivity index (χ3n) is 4.63. The van der Waals surface area contributed by atoms with Gasteiger partial charge in [0.2, 0.25) is 5.91 Å². The summed E-state index contributed by atoms with van der Waals surface area (Å²) in [5, 5.41) is 7.46. The van der Waals surface area contributed by atoms with Crippen LogP contribution >= 0.6 is 11.3 Å². The number of hydrogen-bond donors (Lipinski definition) is 2. The van der Waals surface area contributed by atoms with E-state index < -0.39 is 0 Å². The number of nitrogens with zero attached hydrogens (tertiary/aromatic N) is 2. The molecule has 4 aromatic rings. The van der Waals surface area contributed by atoms with E-state index in [1.807, 2.05) is 5.38 Å². The van der Waals surface area contributed by atoms with Crippen molar-refractivity contribution in [1.82, 2.24) is 14.7 Å². The van der Waals surface area contributed by atoms with E-state index in [2.05, 4.69) is 15.6 Å². The van der Waals surface area contributed by atoms with Gasteiger partial charge in [-0.25, -0.2) is 9.37 Å². The number of fused-ring (bicyclic) bond motifs is 1. The lowest BCUT2D eigenvalue weighted by Gasteiger charge is -2.10. The Bertz CT molecular complexity index is 1230. The molecule has 0 saturated heterocycles. The van der Waals surface area contributed by atoms with Gasteiger partial charge in [-0.2, -0.15) is 0 Å². The molecule has 2 N–H and O–H groups in total. The molecule has 0 aliphatic carbocycles. The van der Waals surface area contributed by atoms with Gasteiger partial charge in [0, 0.05) is 30.1 Å². The molecule has 2 aromatic carbocycles. The summed E-state index contributed by atoms with van der Waals surface area (Å²) in [6, 6.07) is 12.8. The lowest BCUT2D eigenvalue weighted by molar-refractivity contribution is -0.116. The fourth-order valence-corrected chi connectivity index (χ4v) is 3.84. The van der Waals surface area contributed by atoms with Crippen LogP contribution in [0.4, 0.5) is 10.2 Å². The molecule has 158 valence electrons. The van der Waals surface area contributed by atoms with E-state index >= 15 is 0 Å². The molecule has 0 fully saturated rings. The summed E-state index contributed by atoms with van der Waals surface area (Å²) in [7, 11) is 1.50. The predicted octanol–water partition coefficient (Wildman–Crippen LogP) is 3.97. The fraction of sp³-hybridized carbons (Fsp3) is 0.136. The lowest BCUT2D eigenvalue weighted by Crippen LogP contribution is -2.28. The van der Waals surface area contributed by atoms with Gasteiger partial charge in [0.1, 0.15) is 23.1 Å². The number of amides is 2. The number of hydrogen-bond acceptors (Lipinski definition) is 5. The third-order valence-corrected chi connectivity index (χ3v) is 5.38. The molecule has 2 amide bonds. The lowest BCUT2D eigenvalue weighted by atomic mass is 10.1. The summed E-state index contributed by atoms with van der Waals surface area (Å²) in [5.41, 5.74) is 1.65. The number of nitrogens with one attached hydrogen (secondary N) is 2. The summed E-state index contributed by atoms with van der Waals surface area (Å²) >= 11 is 1.43. The zero-order valence-electron chi connectivity index (χ0n) is 16.6. The summed E-state index contributed by atoms with van der Waals surface area (Å²) < 4.78 is 20.3. The van der Waals surface area contributed by atoms with Gasteiger partial charge >= 0.3 is 0 Å². The van der Waals surface area contributed by atoms with Crippen molar-refractivity contribution in [3.8, 4) is 17.0 Å². The van der Waals surface area contributed by atoms with Crippen molar-refractivity contribution in [2.45, 2.75) is 6.42 Å². The molecule has 0 spiro atoms. The second kappa shape index (κ2) is 8.97. The maximum absolute atomic E-state index is 13.3. The molecule has 0 unspecified atom stereocenters. The first-order chi connectivity index (χ1) is 15.1. The molecule has 7 nitrogen and oxygen atoms in total. The average molecular weight is 438 g/mol. The highest BCUT2D eigenvalue weighted by Gasteiger charge is 2.18. The molecule has 0 aliphatic rings. The van der Waals surface area contributed by atoms with Gasteiger partial charge in [0.15, 0.2) is 4.96 Å². The number of ether oxygens (including phenoxy) is 1. The number of para-hydroxylation sites is 1. The Morgan fingerprint density at radius 3 is 2.71 bits per heavy atom. The van der Waals surface area contributed by atoms with E-state index in [1.165, 1.54) is 30.6 Å². The minimum absolute atomic E-state index is 0.0706. The number of benzene rings is 2. The molecule has 2 aromatic heterocycles. The van der Waals surface area contributed by atoms with Gasteiger partial charge in [0.05, 0.1) is 12.7 Å².